The Bertz CT molecular complexity index is 348. The summed E-state index contributed by atoms with van der Waals surface area (Å²) in [6.45, 7) is 5.18. The first-order valence-electron chi connectivity index (χ1n) is 8.85. The third kappa shape index (κ3) is 5.43. The van der Waals surface area contributed by atoms with Crippen molar-refractivity contribution in [3.63, 3.8) is 0 Å². The van der Waals surface area contributed by atoms with E-state index >= 15 is 0 Å². The van der Waals surface area contributed by atoms with Crippen molar-refractivity contribution in [1.29, 1.82) is 0 Å². The van der Waals surface area contributed by atoms with Crippen molar-refractivity contribution in [1.82, 2.24) is 10.6 Å². The highest BCUT2D eigenvalue weighted by molar-refractivity contribution is 5.74. The zero-order chi connectivity index (χ0) is 16.0. The van der Waals surface area contributed by atoms with Crippen molar-refractivity contribution in [3.8, 4) is 0 Å². The molecule has 2 aliphatic rings. The van der Waals surface area contributed by atoms with Gasteiger partial charge in [0.15, 0.2) is 0 Å². The lowest BCUT2D eigenvalue weighted by molar-refractivity contribution is -0.107. The Hall–Kier alpha value is -0.810. The van der Waals surface area contributed by atoms with E-state index in [9.17, 15) is 9.90 Å². The van der Waals surface area contributed by atoms with Gasteiger partial charge in [0.2, 0.25) is 0 Å². The number of carbonyl (C=O) groups is 1. The summed E-state index contributed by atoms with van der Waals surface area (Å²) in [6.07, 6.45) is 8.07. The van der Waals surface area contributed by atoms with E-state index in [1.54, 1.807) is 0 Å². The fourth-order valence-electron chi connectivity index (χ4n) is 3.77. The van der Waals surface area contributed by atoms with Gasteiger partial charge < -0.3 is 20.5 Å². The summed E-state index contributed by atoms with van der Waals surface area (Å²) in [5.41, 5.74) is 0.00556. The Morgan fingerprint density at radius 1 is 1.32 bits per heavy atom. The standard InChI is InChI=1S/C17H32N2O3/c1-13(2)10-15(20)12-18-16(21)19-14-6-9-22-17(11-14)7-4-3-5-8-17/h13-15,20H,3-12H2,1-2H3,(H2,18,19,21). The summed E-state index contributed by atoms with van der Waals surface area (Å²) in [5, 5.41) is 15.7. The number of urea groups is 1. The van der Waals surface area contributed by atoms with Crippen molar-refractivity contribution >= 4 is 6.03 Å². The first kappa shape index (κ1) is 17.5. The van der Waals surface area contributed by atoms with E-state index < -0.39 is 6.10 Å². The van der Waals surface area contributed by atoms with Gasteiger partial charge in [-0.25, -0.2) is 4.79 Å². The average Bonchev–Trinajstić information content (AvgIpc) is 2.45. The molecule has 0 bridgehead atoms. The molecule has 1 saturated carbocycles. The van der Waals surface area contributed by atoms with Crippen molar-refractivity contribution in [2.24, 2.45) is 5.92 Å². The van der Waals surface area contributed by atoms with Gasteiger partial charge in [0.05, 0.1) is 11.7 Å². The van der Waals surface area contributed by atoms with E-state index in [4.69, 9.17) is 4.74 Å². The van der Waals surface area contributed by atoms with Gasteiger partial charge in [-0.2, -0.15) is 0 Å². The Morgan fingerprint density at radius 2 is 2.05 bits per heavy atom. The van der Waals surface area contributed by atoms with Crippen LogP contribution in [0.15, 0.2) is 0 Å². The number of ether oxygens (including phenoxy) is 1. The highest BCUT2D eigenvalue weighted by Gasteiger charge is 2.38. The minimum Gasteiger partial charge on any atom is -0.391 e. The molecule has 22 heavy (non-hydrogen) atoms. The highest BCUT2D eigenvalue weighted by atomic mass is 16.5. The van der Waals surface area contributed by atoms with Crippen molar-refractivity contribution in [2.75, 3.05) is 13.2 Å². The lowest BCUT2D eigenvalue weighted by Gasteiger charge is -2.43. The van der Waals surface area contributed by atoms with Crippen LogP contribution < -0.4 is 10.6 Å². The lowest BCUT2D eigenvalue weighted by Crippen LogP contribution is -2.52. The van der Waals surface area contributed by atoms with E-state index in [2.05, 4.69) is 24.5 Å². The fraction of sp³-hybridized carbons (Fsp3) is 0.941. The summed E-state index contributed by atoms with van der Waals surface area (Å²) in [6, 6.07) is 0.0229. The first-order valence-corrected chi connectivity index (χ1v) is 8.85. The molecule has 0 radical (unpaired) electrons. The van der Waals surface area contributed by atoms with Gasteiger partial charge in [0.25, 0.3) is 0 Å². The third-order valence-electron chi connectivity index (χ3n) is 4.83. The molecule has 2 amide bonds. The number of rotatable bonds is 5. The molecule has 1 aliphatic heterocycles. The fourth-order valence-corrected chi connectivity index (χ4v) is 3.77. The van der Waals surface area contributed by atoms with Crippen LogP contribution in [0.3, 0.4) is 0 Å². The smallest absolute Gasteiger partial charge is 0.315 e. The van der Waals surface area contributed by atoms with Gasteiger partial charge in [0, 0.05) is 19.2 Å². The maximum Gasteiger partial charge on any atom is 0.315 e. The van der Waals surface area contributed by atoms with E-state index in [1.165, 1.54) is 19.3 Å². The zero-order valence-electron chi connectivity index (χ0n) is 14.1. The summed E-state index contributed by atoms with van der Waals surface area (Å²) in [7, 11) is 0. The molecule has 2 unspecified atom stereocenters. The monoisotopic (exact) mass is 312 g/mol. The molecule has 1 spiro atoms. The van der Waals surface area contributed by atoms with Crippen LogP contribution >= 0.6 is 0 Å². The molecule has 2 rings (SSSR count). The molecule has 1 aliphatic carbocycles. The molecule has 5 nitrogen and oxygen atoms in total. The van der Waals surface area contributed by atoms with Gasteiger partial charge in [-0.3, -0.25) is 0 Å². The lowest BCUT2D eigenvalue weighted by atomic mass is 9.78. The molecular formula is C17H32N2O3. The predicted octanol–water partition coefficient (Wildman–Crippen LogP) is 2.57. The van der Waals surface area contributed by atoms with Crippen molar-refractivity contribution < 1.29 is 14.6 Å². The molecule has 0 aromatic heterocycles. The van der Waals surface area contributed by atoms with Gasteiger partial charge in [-0.15, -0.1) is 0 Å². The first-order chi connectivity index (χ1) is 10.5. The SMILES string of the molecule is CC(C)CC(O)CNC(=O)NC1CCOC2(CCCCC2)C1. The number of aliphatic hydroxyl groups excluding tert-OH is 1. The Kier molecular flexibility index (Phi) is 6.50. The third-order valence-corrected chi connectivity index (χ3v) is 4.83. The molecule has 0 aromatic rings. The summed E-state index contributed by atoms with van der Waals surface area (Å²) >= 11 is 0. The van der Waals surface area contributed by atoms with Crippen LogP contribution in [0.4, 0.5) is 4.79 Å². The topological polar surface area (TPSA) is 70.6 Å². The molecule has 128 valence electrons. The van der Waals surface area contributed by atoms with E-state index in [-0.39, 0.29) is 17.7 Å². The van der Waals surface area contributed by atoms with Gasteiger partial charge in [0.1, 0.15) is 0 Å². The minimum absolute atomic E-state index is 0.00556. The minimum atomic E-state index is -0.467. The molecular weight excluding hydrogens is 280 g/mol. The van der Waals surface area contributed by atoms with Crippen LogP contribution in [0.2, 0.25) is 0 Å². The van der Waals surface area contributed by atoms with Gasteiger partial charge in [-0.05, 0) is 38.0 Å². The number of nitrogens with one attached hydrogen (secondary N) is 2. The number of carbonyl (C=O) groups excluding carboxylic acids is 1. The molecule has 5 heteroatoms. The molecule has 1 heterocycles. The Balaban J connectivity index is 1.72. The second-order valence-corrected chi connectivity index (χ2v) is 7.42. The van der Waals surface area contributed by atoms with Crippen molar-refractivity contribution in [2.45, 2.75) is 83.0 Å². The Labute approximate surface area is 134 Å². The number of aliphatic hydroxyl groups is 1. The van der Waals surface area contributed by atoms with Crippen LogP contribution in [0.5, 0.6) is 0 Å². The van der Waals surface area contributed by atoms with E-state index in [1.807, 2.05) is 0 Å². The number of hydrogen-bond donors (Lipinski definition) is 3. The Morgan fingerprint density at radius 3 is 2.73 bits per heavy atom. The molecule has 3 N–H and O–H groups in total. The van der Waals surface area contributed by atoms with Crippen LogP contribution in [-0.4, -0.2) is 42.0 Å². The van der Waals surface area contributed by atoms with Crippen LogP contribution in [0.1, 0.15) is 65.2 Å². The quantitative estimate of drug-likeness (QED) is 0.731. The van der Waals surface area contributed by atoms with Crippen molar-refractivity contribution in [3.05, 3.63) is 0 Å². The van der Waals surface area contributed by atoms with E-state index in [0.717, 1.165) is 32.3 Å². The molecule has 1 saturated heterocycles. The summed E-state index contributed by atoms with van der Waals surface area (Å²) < 4.78 is 6.05. The number of amides is 2. The van der Waals surface area contributed by atoms with Gasteiger partial charge >= 0.3 is 6.03 Å². The van der Waals surface area contributed by atoms with Gasteiger partial charge in [-0.1, -0.05) is 33.1 Å². The molecule has 2 fully saturated rings. The van der Waals surface area contributed by atoms with Crippen LogP contribution in [0.25, 0.3) is 0 Å². The predicted molar refractivity (Wildman–Crippen MR) is 86.8 cm³/mol. The van der Waals surface area contributed by atoms with Crippen LogP contribution in [0, 0.1) is 5.92 Å². The van der Waals surface area contributed by atoms with E-state index in [0.29, 0.717) is 18.9 Å². The zero-order valence-corrected chi connectivity index (χ0v) is 14.1. The molecule has 0 aromatic carbocycles. The highest BCUT2D eigenvalue weighted by Crippen LogP contribution is 2.38. The number of hydrogen-bond acceptors (Lipinski definition) is 3. The molecule has 2 atom stereocenters. The normalized spacial score (nSPS) is 25.9. The maximum absolute atomic E-state index is 12.0. The summed E-state index contributed by atoms with van der Waals surface area (Å²) in [4.78, 5) is 12.0. The second-order valence-electron chi connectivity index (χ2n) is 7.42. The largest absolute Gasteiger partial charge is 0.391 e. The maximum atomic E-state index is 12.0. The summed E-state index contributed by atoms with van der Waals surface area (Å²) in [5.74, 6) is 0.432. The average molecular weight is 312 g/mol. The van der Waals surface area contributed by atoms with Crippen LogP contribution in [-0.2, 0) is 4.74 Å². The second kappa shape index (κ2) is 8.16.